The fourth-order valence-electron chi connectivity index (χ4n) is 2.44. The molecule has 1 aromatic heterocycles. The summed E-state index contributed by atoms with van der Waals surface area (Å²) in [5, 5.41) is 3.58. The number of anilines is 2. The molecular formula is C14H23N3. The molecule has 17 heavy (non-hydrogen) atoms. The maximum absolute atomic E-state index is 4.57. The van der Waals surface area contributed by atoms with Crippen LogP contribution in [0.2, 0.25) is 0 Å². The van der Waals surface area contributed by atoms with Crippen LogP contribution in [0.3, 0.4) is 0 Å². The van der Waals surface area contributed by atoms with Gasteiger partial charge in [0.2, 0.25) is 0 Å². The van der Waals surface area contributed by atoms with E-state index in [2.05, 4.69) is 48.4 Å². The lowest BCUT2D eigenvalue weighted by Crippen LogP contribution is -2.23. The summed E-state index contributed by atoms with van der Waals surface area (Å²) in [6, 6.07) is 4.88. The molecule has 0 amide bonds. The fourth-order valence-corrected chi connectivity index (χ4v) is 2.44. The van der Waals surface area contributed by atoms with Crippen molar-refractivity contribution in [3.8, 4) is 0 Å². The fraction of sp³-hybridized carbons (Fsp3) is 0.643. The Labute approximate surface area is 104 Å². The summed E-state index contributed by atoms with van der Waals surface area (Å²) in [6.07, 6.45) is 6.66. The summed E-state index contributed by atoms with van der Waals surface area (Å²) in [4.78, 5) is 6.70. The van der Waals surface area contributed by atoms with Crippen LogP contribution in [-0.2, 0) is 0 Å². The van der Waals surface area contributed by atoms with E-state index in [1.165, 1.54) is 37.8 Å². The van der Waals surface area contributed by atoms with Gasteiger partial charge in [0.1, 0.15) is 5.82 Å². The van der Waals surface area contributed by atoms with E-state index in [4.69, 9.17) is 0 Å². The number of nitrogens with zero attached hydrogens (tertiary/aromatic N) is 2. The van der Waals surface area contributed by atoms with Gasteiger partial charge in [-0.15, -0.1) is 0 Å². The molecule has 1 heterocycles. The molecule has 1 fully saturated rings. The third-order valence-electron chi connectivity index (χ3n) is 3.41. The van der Waals surface area contributed by atoms with Gasteiger partial charge < -0.3 is 10.2 Å². The Hall–Kier alpha value is -1.25. The van der Waals surface area contributed by atoms with Gasteiger partial charge in [0, 0.05) is 37.6 Å². The van der Waals surface area contributed by atoms with E-state index >= 15 is 0 Å². The molecule has 0 radical (unpaired) electrons. The smallest absolute Gasteiger partial charge is 0.128 e. The number of aryl methyl sites for hydroxylation is 1. The van der Waals surface area contributed by atoms with Gasteiger partial charge in [0.25, 0.3) is 0 Å². The third kappa shape index (κ3) is 3.35. The quantitative estimate of drug-likeness (QED) is 0.869. The van der Waals surface area contributed by atoms with Crippen LogP contribution in [0.4, 0.5) is 11.5 Å². The van der Waals surface area contributed by atoms with Crippen LogP contribution in [0, 0.1) is 6.92 Å². The van der Waals surface area contributed by atoms with Crippen LogP contribution in [-0.4, -0.2) is 25.1 Å². The molecular weight excluding hydrogens is 210 g/mol. The first-order valence-corrected chi connectivity index (χ1v) is 6.58. The SMILES string of the molecule is Cc1cc(N(C)C)cc(NC2CCCCC2)n1. The molecule has 0 saturated heterocycles. The monoisotopic (exact) mass is 233 g/mol. The van der Waals surface area contributed by atoms with E-state index in [-0.39, 0.29) is 0 Å². The molecule has 1 saturated carbocycles. The second kappa shape index (κ2) is 5.39. The van der Waals surface area contributed by atoms with Crippen LogP contribution >= 0.6 is 0 Å². The van der Waals surface area contributed by atoms with Crippen molar-refractivity contribution in [2.45, 2.75) is 45.1 Å². The van der Waals surface area contributed by atoms with Crippen LogP contribution in [0.1, 0.15) is 37.8 Å². The maximum atomic E-state index is 4.57. The lowest BCUT2D eigenvalue weighted by atomic mass is 9.95. The molecule has 0 atom stereocenters. The normalized spacial score (nSPS) is 16.9. The van der Waals surface area contributed by atoms with E-state index in [1.807, 2.05) is 0 Å². The van der Waals surface area contributed by atoms with Gasteiger partial charge in [-0.1, -0.05) is 19.3 Å². The third-order valence-corrected chi connectivity index (χ3v) is 3.41. The molecule has 1 aliphatic carbocycles. The topological polar surface area (TPSA) is 28.2 Å². The largest absolute Gasteiger partial charge is 0.377 e. The zero-order valence-corrected chi connectivity index (χ0v) is 11.2. The van der Waals surface area contributed by atoms with Gasteiger partial charge in [-0.25, -0.2) is 4.98 Å². The summed E-state index contributed by atoms with van der Waals surface area (Å²) in [5.74, 6) is 1.03. The molecule has 0 aliphatic heterocycles. The Morgan fingerprint density at radius 1 is 1.18 bits per heavy atom. The highest BCUT2D eigenvalue weighted by Crippen LogP contribution is 2.23. The van der Waals surface area contributed by atoms with E-state index < -0.39 is 0 Å². The first-order chi connectivity index (χ1) is 8.15. The predicted octanol–water partition coefficient (Wildman–Crippen LogP) is 3.20. The lowest BCUT2D eigenvalue weighted by Gasteiger charge is -2.24. The Balaban J connectivity index is 2.09. The Morgan fingerprint density at radius 2 is 1.88 bits per heavy atom. The Kier molecular flexibility index (Phi) is 3.87. The molecule has 3 heteroatoms. The van der Waals surface area contributed by atoms with Crippen molar-refractivity contribution < 1.29 is 0 Å². The number of hydrogen-bond donors (Lipinski definition) is 1. The molecule has 2 rings (SSSR count). The summed E-state index contributed by atoms with van der Waals surface area (Å²) < 4.78 is 0. The van der Waals surface area contributed by atoms with Gasteiger partial charge in [0.15, 0.2) is 0 Å². The highest BCUT2D eigenvalue weighted by atomic mass is 15.1. The van der Waals surface area contributed by atoms with Crippen LogP contribution in [0.15, 0.2) is 12.1 Å². The molecule has 0 unspecified atom stereocenters. The number of nitrogens with one attached hydrogen (secondary N) is 1. The van der Waals surface area contributed by atoms with Crippen LogP contribution in [0.25, 0.3) is 0 Å². The number of pyridine rings is 1. The van der Waals surface area contributed by atoms with Crippen molar-refractivity contribution in [3.63, 3.8) is 0 Å². The molecule has 3 nitrogen and oxygen atoms in total. The van der Waals surface area contributed by atoms with E-state index in [0.29, 0.717) is 6.04 Å². The van der Waals surface area contributed by atoms with Crippen LogP contribution in [0.5, 0.6) is 0 Å². The van der Waals surface area contributed by atoms with E-state index in [0.717, 1.165) is 11.5 Å². The van der Waals surface area contributed by atoms with Crippen molar-refractivity contribution in [3.05, 3.63) is 17.8 Å². The van der Waals surface area contributed by atoms with Gasteiger partial charge in [-0.05, 0) is 25.8 Å². The predicted molar refractivity (Wildman–Crippen MR) is 73.8 cm³/mol. The summed E-state index contributed by atoms with van der Waals surface area (Å²) in [5.41, 5.74) is 2.30. The second-order valence-electron chi connectivity index (χ2n) is 5.23. The summed E-state index contributed by atoms with van der Waals surface area (Å²) in [6.45, 7) is 2.05. The highest BCUT2D eigenvalue weighted by molar-refractivity contribution is 5.54. The maximum Gasteiger partial charge on any atom is 0.128 e. The van der Waals surface area contributed by atoms with Gasteiger partial charge in [-0.2, -0.15) is 0 Å². The number of rotatable bonds is 3. The minimum Gasteiger partial charge on any atom is -0.377 e. The highest BCUT2D eigenvalue weighted by Gasteiger charge is 2.13. The van der Waals surface area contributed by atoms with Gasteiger partial charge >= 0.3 is 0 Å². The van der Waals surface area contributed by atoms with E-state index in [1.54, 1.807) is 0 Å². The van der Waals surface area contributed by atoms with Crippen molar-refractivity contribution in [2.24, 2.45) is 0 Å². The first kappa shape index (κ1) is 12.2. The van der Waals surface area contributed by atoms with Crippen molar-refractivity contribution >= 4 is 11.5 Å². The van der Waals surface area contributed by atoms with Crippen molar-refractivity contribution in [1.29, 1.82) is 0 Å². The molecule has 1 aliphatic rings. The standard InChI is InChI=1S/C14H23N3/c1-11-9-13(17(2)3)10-14(15-11)16-12-7-5-4-6-8-12/h9-10,12H,4-8H2,1-3H3,(H,15,16). The zero-order valence-electron chi connectivity index (χ0n) is 11.2. The average molecular weight is 233 g/mol. The van der Waals surface area contributed by atoms with Gasteiger partial charge in [0.05, 0.1) is 0 Å². The first-order valence-electron chi connectivity index (χ1n) is 6.58. The molecule has 0 spiro atoms. The summed E-state index contributed by atoms with van der Waals surface area (Å²) >= 11 is 0. The lowest BCUT2D eigenvalue weighted by molar-refractivity contribution is 0.462. The minimum atomic E-state index is 0.619. The Bertz CT molecular complexity index is 368. The minimum absolute atomic E-state index is 0.619. The van der Waals surface area contributed by atoms with Crippen molar-refractivity contribution in [2.75, 3.05) is 24.3 Å². The van der Waals surface area contributed by atoms with Crippen LogP contribution < -0.4 is 10.2 Å². The molecule has 1 aromatic rings. The molecule has 94 valence electrons. The molecule has 0 aromatic carbocycles. The molecule has 0 bridgehead atoms. The number of hydrogen-bond acceptors (Lipinski definition) is 3. The zero-order chi connectivity index (χ0) is 12.3. The second-order valence-corrected chi connectivity index (χ2v) is 5.23. The Morgan fingerprint density at radius 3 is 2.53 bits per heavy atom. The van der Waals surface area contributed by atoms with Crippen molar-refractivity contribution in [1.82, 2.24) is 4.98 Å². The van der Waals surface area contributed by atoms with Gasteiger partial charge in [-0.3, -0.25) is 0 Å². The van der Waals surface area contributed by atoms with E-state index in [9.17, 15) is 0 Å². The summed E-state index contributed by atoms with van der Waals surface area (Å²) in [7, 11) is 4.14. The average Bonchev–Trinajstić information content (AvgIpc) is 2.29. The molecule has 1 N–H and O–H groups in total. The number of aromatic nitrogens is 1.